The highest BCUT2D eigenvalue weighted by Crippen LogP contribution is 2.31. The molecule has 1 aliphatic heterocycles. The third-order valence-electron chi connectivity index (χ3n) is 3.16. The number of thioether (sulfide) groups is 1. The largest absolute Gasteiger partial charge is 0.490 e. The summed E-state index contributed by atoms with van der Waals surface area (Å²) in [6.45, 7) is 0.771. The maximum absolute atomic E-state index is 11.8. The van der Waals surface area contributed by atoms with E-state index < -0.39 is 0 Å². The molecule has 0 radical (unpaired) electrons. The van der Waals surface area contributed by atoms with E-state index in [1.54, 1.807) is 30.6 Å². The minimum absolute atomic E-state index is 0.193. The van der Waals surface area contributed by atoms with E-state index >= 15 is 0 Å². The van der Waals surface area contributed by atoms with Gasteiger partial charge in [0.1, 0.15) is 29.0 Å². The summed E-state index contributed by atoms with van der Waals surface area (Å²) in [6.07, 6.45) is 5.11. The van der Waals surface area contributed by atoms with Crippen molar-refractivity contribution >= 4 is 56.2 Å². The van der Waals surface area contributed by atoms with E-state index in [1.807, 2.05) is 18.2 Å². The Balaban J connectivity index is 1.66. The molecular formula is C17H13BrN2O3S2. The molecule has 1 fully saturated rings. The number of pyridine rings is 1. The number of aromatic nitrogens is 1. The summed E-state index contributed by atoms with van der Waals surface area (Å²) in [5, 5.41) is 2.60. The number of halogens is 1. The number of rotatable bonds is 6. The monoisotopic (exact) mass is 436 g/mol. The zero-order valence-electron chi connectivity index (χ0n) is 12.9. The zero-order chi connectivity index (χ0) is 17.6. The van der Waals surface area contributed by atoms with Crippen LogP contribution < -0.4 is 14.8 Å². The molecule has 1 aliphatic rings. The second-order valence-electron chi connectivity index (χ2n) is 4.91. The number of benzene rings is 1. The van der Waals surface area contributed by atoms with Crippen LogP contribution in [0.15, 0.2) is 52.1 Å². The van der Waals surface area contributed by atoms with Gasteiger partial charge in [0.15, 0.2) is 0 Å². The predicted molar refractivity (Wildman–Crippen MR) is 106 cm³/mol. The summed E-state index contributed by atoms with van der Waals surface area (Å²) in [5.74, 6) is 1.21. The highest BCUT2D eigenvalue weighted by molar-refractivity contribution is 9.10. The van der Waals surface area contributed by atoms with Crippen molar-refractivity contribution in [1.29, 1.82) is 0 Å². The molecule has 2 aromatic rings. The second kappa shape index (κ2) is 8.46. The van der Waals surface area contributed by atoms with Crippen molar-refractivity contribution in [2.75, 3.05) is 13.2 Å². The Morgan fingerprint density at radius 3 is 2.68 bits per heavy atom. The fraction of sp³-hybridized carbons (Fsp3) is 0.118. The van der Waals surface area contributed by atoms with E-state index in [4.69, 9.17) is 21.7 Å². The summed E-state index contributed by atoms with van der Waals surface area (Å²) < 4.78 is 12.7. The molecule has 1 N–H and O–H groups in total. The molecule has 1 aromatic heterocycles. The second-order valence-corrected chi connectivity index (χ2v) is 7.55. The van der Waals surface area contributed by atoms with Gasteiger partial charge in [-0.25, -0.2) is 0 Å². The fourth-order valence-corrected chi connectivity index (χ4v) is 3.49. The van der Waals surface area contributed by atoms with Crippen LogP contribution in [0.1, 0.15) is 5.56 Å². The summed E-state index contributed by atoms with van der Waals surface area (Å²) in [4.78, 5) is 16.3. The number of hydrogen-bond donors (Lipinski definition) is 1. The molecule has 1 amide bonds. The summed E-state index contributed by atoms with van der Waals surface area (Å²) in [6, 6.07) is 9.19. The van der Waals surface area contributed by atoms with Crippen molar-refractivity contribution in [3.05, 3.63) is 57.7 Å². The Bertz CT molecular complexity index is 828. The first-order chi connectivity index (χ1) is 12.1. The maximum atomic E-state index is 11.8. The number of thiocarbonyl (C=S) groups is 1. The first-order valence-electron chi connectivity index (χ1n) is 7.32. The van der Waals surface area contributed by atoms with Crippen LogP contribution in [-0.2, 0) is 4.79 Å². The average Bonchev–Trinajstić information content (AvgIpc) is 2.91. The smallest absolute Gasteiger partial charge is 0.263 e. The zero-order valence-corrected chi connectivity index (χ0v) is 16.1. The van der Waals surface area contributed by atoms with Gasteiger partial charge >= 0.3 is 0 Å². The van der Waals surface area contributed by atoms with Gasteiger partial charge in [0.05, 0.1) is 4.91 Å². The molecule has 25 heavy (non-hydrogen) atoms. The highest BCUT2D eigenvalue weighted by atomic mass is 79.9. The molecule has 0 spiro atoms. The number of nitrogens with one attached hydrogen (secondary N) is 1. The first kappa shape index (κ1) is 17.9. The van der Waals surface area contributed by atoms with Gasteiger partial charge in [-0.2, -0.15) is 0 Å². The number of carbonyl (C=O) groups is 1. The van der Waals surface area contributed by atoms with Crippen LogP contribution in [0.25, 0.3) is 6.08 Å². The van der Waals surface area contributed by atoms with Crippen molar-refractivity contribution in [2.45, 2.75) is 0 Å². The van der Waals surface area contributed by atoms with Crippen LogP contribution in [0.3, 0.4) is 0 Å². The molecule has 3 rings (SSSR count). The minimum atomic E-state index is -0.193. The SMILES string of the molecule is O=C1NC(=S)SC1=Cc1cc(Br)ccc1OCCOc1ccncc1. The number of amides is 1. The molecule has 1 saturated heterocycles. The first-order valence-corrected chi connectivity index (χ1v) is 9.33. The van der Waals surface area contributed by atoms with Gasteiger partial charge in [-0.1, -0.05) is 39.9 Å². The molecule has 1 aromatic carbocycles. The summed E-state index contributed by atoms with van der Waals surface area (Å²) in [5.41, 5.74) is 0.792. The quantitative estimate of drug-likeness (QED) is 0.422. The van der Waals surface area contributed by atoms with E-state index in [2.05, 4.69) is 26.2 Å². The Morgan fingerprint density at radius 2 is 1.96 bits per heavy atom. The molecule has 0 atom stereocenters. The minimum Gasteiger partial charge on any atom is -0.490 e. The Hall–Kier alpha value is -1.90. The number of hydrogen-bond acceptors (Lipinski definition) is 6. The van der Waals surface area contributed by atoms with Crippen LogP contribution in [0.2, 0.25) is 0 Å². The van der Waals surface area contributed by atoms with Crippen molar-refractivity contribution in [3.63, 3.8) is 0 Å². The Labute approximate surface area is 162 Å². The molecule has 0 bridgehead atoms. The number of ether oxygens (including phenoxy) is 2. The summed E-state index contributed by atoms with van der Waals surface area (Å²) in [7, 11) is 0. The van der Waals surface area contributed by atoms with Crippen LogP contribution in [0, 0.1) is 0 Å². The van der Waals surface area contributed by atoms with E-state index in [-0.39, 0.29) is 5.91 Å². The van der Waals surface area contributed by atoms with Crippen molar-refractivity contribution in [1.82, 2.24) is 10.3 Å². The van der Waals surface area contributed by atoms with Gasteiger partial charge in [-0.05, 0) is 36.4 Å². The summed E-state index contributed by atoms with van der Waals surface area (Å²) >= 11 is 9.68. The predicted octanol–water partition coefficient (Wildman–Crippen LogP) is 3.79. The third-order valence-corrected chi connectivity index (χ3v) is 4.82. The fourth-order valence-electron chi connectivity index (χ4n) is 2.07. The average molecular weight is 437 g/mol. The lowest BCUT2D eigenvalue weighted by atomic mass is 10.2. The van der Waals surface area contributed by atoms with E-state index in [9.17, 15) is 4.79 Å². The van der Waals surface area contributed by atoms with Gasteiger partial charge in [0.25, 0.3) is 5.91 Å². The van der Waals surface area contributed by atoms with Gasteiger partial charge < -0.3 is 14.8 Å². The van der Waals surface area contributed by atoms with Gasteiger partial charge in [-0.3, -0.25) is 9.78 Å². The molecule has 8 heteroatoms. The number of nitrogens with zero attached hydrogens (tertiary/aromatic N) is 1. The van der Waals surface area contributed by atoms with Gasteiger partial charge in [0.2, 0.25) is 0 Å². The van der Waals surface area contributed by atoms with Crippen LogP contribution in [-0.4, -0.2) is 28.4 Å². The molecule has 0 saturated carbocycles. The molecular weight excluding hydrogens is 424 g/mol. The molecule has 0 unspecified atom stereocenters. The van der Waals surface area contributed by atoms with E-state index in [0.29, 0.717) is 28.2 Å². The normalized spacial score (nSPS) is 15.3. The molecule has 128 valence electrons. The standard InChI is InChI=1S/C17H13BrN2O3S2/c18-12-1-2-14(23-8-7-22-13-3-5-19-6-4-13)11(9-12)10-15-16(21)20-17(24)25-15/h1-6,9-10H,7-8H2,(H,20,21,24). The van der Waals surface area contributed by atoms with E-state index in [0.717, 1.165) is 15.8 Å². The van der Waals surface area contributed by atoms with Crippen LogP contribution >= 0.6 is 39.9 Å². The molecule has 2 heterocycles. The number of carbonyl (C=O) groups excluding carboxylic acids is 1. The molecule has 5 nitrogen and oxygen atoms in total. The molecule has 0 aliphatic carbocycles. The van der Waals surface area contributed by atoms with Gasteiger partial charge in [-0.15, -0.1) is 0 Å². The third kappa shape index (κ3) is 5.04. The van der Waals surface area contributed by atoms with Crippen LogP contribution in [0.5, 0.6) is 11.5 Å². The van der Waals surface area contributed by atoms with Crippen molar-refractivity contribution in [2.24, 2.45) is 0 Å². The Morgan fingerprint density at radius 1 is 1.20 bits per heavy atom. The highest BCUT2D eigenvalue weighted by Gasteiger charge is 2.22. The Kier molecular flexibility index (Phi) is 6.06. The maximum Gasteiger partial charge on any atom is 0.263 e. The van der Waals surface area contributed by atoms with Crippen LogP contribution in [0.4, 0.5) is 0 Å². The lowest BCUT2D eigenvalue weighted by molar-refractivity contribution is -0.115. The lowest BCUT2D eigenvalue weighted by Crippen LogP contribution is -2.17. The topological polar surface area (TPSA) is 60.5 Å². The van der Waals surface area contributed by atoms with Gasteiger partial charge in [0, 0.05) is 22.4 Å². The van der Waals surface area contributed by atoms with E-state index in [1.165, 1.54) is 11.8 Å². The van der Waals surface area contributed by atoms with Crippen molar-refractivity contribution in [3.8, 4) is 11.5 Å². The lowest BCUT2D eigenvalue weighted by Gasteiger charge is -2.11. The van der Waals surface area contributed by atoms with Crippen molar-refractivity contribution < 1.29 is 14.3 Å².